The lowest BCUT2D eigenvalue weighted by molar-refractivity contribution is -0.0504. The van der Waals surface area contributed by atoms with Gasteiger partial charge >= 0.3 is 6.61 Å². The Morgan fingerprint density at radius 3 is 2.60 bits per heavy atom. The number of pyridine rings is 1. The molecule has 0 saturated carbocycles. The monoisotopic (exact) mass is 388 g/mol. The number of nitrogens with zero attached hydrogens (tertiary/aromatic N) is 2. The first kappa shape index (κ1) is 19.2. The number of halogens is 4. The lowest BCUT2D eigenvalue weighted by atomic mass is 10.2. The van der Waals surface area contributed by atoms with Crippen LogP contribution in [-0.4, -0.2) is 24.6 Å². The van der Waals surface area contributed by atoms with E-state index >= 15 is 0 Å². The summed E-state index contributed by atoms with van der Waals surface area (Å²) in [4.78, 5) is 8.06. The molecule has 0 saturated heterocycles. The van der Waals surface area contributed by atoms with Gasteiger partial charge in [-0.2, -0.15) is 8.78 Å². The highest BCUT2D eigenvalue weighted by Gasteiger charge is 2.11. The van der Waals surface area contributed by atoms with Crippen LogP contribution in [0.25, 0.3) is 0 Å². The number of benzene rings is 1. The third kappa shape index (κ3) is 6.36. The molecule has 25 heavy (non-hydrogen) atoms. The van der Waals surface area contributed by atoms with Gasteiger partial charge in [-0.15, -0.1) is 0 Å². The number of nitrogens with one attached hydrogen (secondary N) is 2. The predicted molar refractivity (Wildman–Crippen MR) is 94.4 cm³/mol. The number of ether oxygens (including phenoxy) is 1. The Hall–Kier alpha value is -2.12. The number of aromatic nitrogens is 1. The normalized spacial score (nSPS) is 11.5. The first-order valence-corrected chi connectivity index (χ1v) is 8.01. The van der Waals surface area contributed by atoms with Crippen LogP contribution in [0.1, 0.15) is 11.1 Å². The number of hydrogen-bond donors (Lipinski definition) is 2. The van der Waals surface area contributed by atoms with Crippen LogP contribution in [0.5, 0.6) is 5.75 Å². The van der Waals surface area contributed by atoms with Gasteiger partial charge in [-0.05, 0) is 29.8 Å². The van der Waals surface area contributed by atoms with Gasteiger partial charge in [0.05, 0.1) is 0 Å². The molecule has 0 atom stereocenters. The molecule has 0 bridgehead atoms. The van der Waals surface area contributed by atoms with E-state index in [-0.39, 0.29) is 12.3 Å². The largest absolute Gasteiger partial charge is 0.434 e. The Balaban J connectivity index is 1.96. The number of hydrogen-bond acceptors (Lipinski definition) is 3. The van der Waals surface area contributed by atoms with Crippen LogP contribution in [0.3, 0.4) is 0 Å². The lowest BCUT2D eigenvalue weighted by Crippen LogP contribution is -2.36. The first-order valence-electron chi connectivity index (χ1n) is 7.26. The molecule has 2 N–H and O–H groups in total. The second-order valence-electron chi connectivity index (χ2n) is 4.90. The maximum absolute atomic E-state index is 12.5. The third-order valence-electron chi connectivity index (χ3n) is 3.16. The molecular weight excluding hydrogens is 373 g/mol. The lowest BCUT2D eigenvalue weighted by Gasteiger charge is -2.15. The van der Waals surface area contributed by atoms with E-state index in [1.165, 1.54) is 12.1 Å². The van der Waals surface area contributed by atoms with Crippen LogP contribution >= 0.6 is 23.2 Å². The Morgan fingerprint density at radius 1 is 1.20 bits per heavy atom. The Labute approximate surface area is 154 Å². The summed E-state index contributed by atoms with van der Waals surface area (Å²) in [6.45, 7) is -2.23. The van der Waals surface area contributed by atoms with E-state index in [0.717, 1.165) is 5.56 Å². The van der Waals surface area contributed by atoms with Crippen LogP contribution < -0.4 is 15.4 Å². The molecular formula is C16H16Cl2F2N4O. The standard InChI is InChI=1S/C16H16Cl2F2N4O/c1-21-16(23-8-10-2-5-14(18)22-7-10)24-9-11-6-12(17)3-4-13(11)25-15(19)20/h2-7,15H,8-9H2,1H3,(H2,21,23,24). The van der Waals surface area contributed by atoms with Crippen LogP contribution in [0.15, 0.2) is 41.5 Å². The predicted octanol–water partition coefficient (Wildman–Crippen LogP) is 3.86. The summed E-state index contributed by atoms with van der Waals surface area (Å²) in [6, 6.07) is 7.98. The van der Waals surface area contributed by atoms with Crippen LogP contribution in [-0.2, 0) is 13.1 Å². The molecule has 1 aromatic heterocycles. The fraction of sp³-hybridized carbons (Fsp3) is 0.250. The third-order valence-corrected chi connectivity index (χ3v) is 3.62. The average Bonchev–Trinajstić information content (AvgIpc) is 2.58. The second-order valence-corrected chi connectivity index (χ2v) is 5.72. The minimum Gasteiger partial charge on any atom is -0.434 e. The minimum atomic E-state index is -2.91. The van der Waals surface area contributed by atoms with Gasteiger partial charge in [0, 0.05) is 36.9 Å². The SMILES string of the molecule is CN=C(NCc1ccc(Cl)nc1)NCc1cc(Cl)ccc1OC(F)F. The number of guanidine groups is 1. The van der Waals surface area contributed by atoms with Gasteiger partial charge in [0.2, 0.25) is 0 Å². The van der Waals surface area contributed by atoms with Gasteiger partial charge in [-0.1, -0.05) is 29.3 Å². The smallest absolute Gasteiger partial charge is 0.387 e. The molecule has 0 fully saturated rings. The van der Waals surface area contributed by atoms with Gasteiger partial charge in [0.15, 0.2) is 5.96 Å². The molecule has 9 heteroatoms. The van der Waals surface area contributed by atoms with E-state index in [9.17, 15) is 8.78 Å². The van der Waals surface area contributed by atoms with Crippen LogP contribution in [0, 0.1) is 0 Å². The van der Waals surface area contributed by atoms with Gasteiger partial charge in [0.25, 0.3) is 0 Å². The highest BCUT2D eigenvalue weighted by Crippen LogP contribution is 2.24. The first-order chi connectivity index (χ1) is 12.0. The Bertz CT molecular complexity index is 727. The van der Waals surface area contributed by atoms with Crippen molar-refractivity contribution < 1.29 is 13.5 Å². The summed E-state index contributed by atoms with van der Waals surface area (Å²) >= 11 is 11.7. The Kier molecular flexibility index (Phi) is 7.21. The summed E-state index contributed by atoms with van der Waals surface area (Å²) in [6.07, 6.45) is 1.65. The topological polar surface area (TPSA) is 58.5 Å². The molecule has 134 valence electrons. The summed E-state index contributed by atoms with van der Waals surface area (Å²) < 4.78 is 29.4. The average molecular weight is 389 g/mol. The zero-order chi connectivity index (χ0) is 18.2. The fourth-order valence-corrected chi connectivity index (χ4v) is 2.30. The molecule has 1 heterocycles. The van der Waals surface area contributed by atoms with Crippen molar-refractivity contribution in [2.24, 2.45) is 4.99 Å². The van der Waals surface area contributed by atoms with Gasteiger partial charge in [0.1, 0.15) is 10.9 Å². The van der Waals surface area contributed by atoms with E-state index < -0.39 is 6.61 Å². The molecule has 0 radical (unpaired) electrons. The molecule has 0 unspecified atom stereocenters. The maximum Gasteiger partial charge on any atom is 0.387 e. The van der Waals surface area contributed by atoms with Crippen molar-refractivity contribution in [3.05, 3.63) is 57.8 Å². The number of alkyl halides is 2. The van der Waals surface area contributed by atoms with Crippen molar-refractivity contribution in [2.45, 2.75) is 19.7 Å². The van der Waals surface area contributed by atoms with Gasteiger partial charge < -0.3 is 15.4 Å². The second kappa shape index (κ2) is 9.39. The summed E-state index contributed by atoms with van der Waals surface area (Å²) in [5.41, 5.74) is 1.40. The van der Waals surface area contributed by atoms with Crippen molar-refractivity contribution in [3.63, 3.8) is 0 Å². The van der Waals surface area contributed by atoms with E-state index in [1.54, 1.807) is 25.4 Å². The quantitative estimate of drug-likeness (QED) is 0.448. The summed E-state index contributed by atoms with van der Waals surface area (Å²) in [5, 5.41) is 6.94. The van der Waals surface area contributed by atoms with Crippen LogP contribution in [0.4, 0.5) is 8.78 Å². The molecule has 0 aliphatic rings. The molecule has 5 nitrogen and oxygen atoms in total. The minimum absolute atomic E-state index is 0.0595. The molecule has 0 spiro atoms. The zero-order valence-corrected chi connectivity index (χ0v) is 14.8. The van der Waals surface area contributed by atoms with Crippen molar-refractivity contribution in [1.82, 2.24) is 15.6 Å². The van der Waals surface area contributed by atoms with E-state index in [2.05, 4.69) is 25.3 Å². The number of aliphatic imine (C=N–C) groups is 1. The van der Waals surface area contributed by atoms with E-state index in [0.29, 0.717) is 28.2 Å². The molecule has 0 amide bonds. The molecule has 0 aliphatic carbocycles. The number of rotatable bonds is 6. The highest BCUT2D eigenvalue weighted by molar-refractivity contribution is 6.30. The van der Waals surface area contributed by atoms with Crippen molar-refractivity contribution >= 4 is 29.2 Å². The molecule has 0 aliphatic heterocycles. The van der Waals surface area contributed by atoms with E-state index in [4.69, 9.17) is 23.2 Å². The van der Waals surface area contributed by atoms with Crippen molar-refractivity contribution in [1.29, 1.82) is 0 Å². The van der Waals surface area contributed by atoms with E-state index in [1.807, 2.05) is 6.07 Å². The summed E-state index contributed by atoms with van der Waals surface area (Å²) in [5.74, 6) is 0.544. The van der Waals surface area contributed by atoms with Gasteiger partial charge in [-0.25, -0.2) is 4.98 Å². The molecule has 2 rings (SSSR count). The molecule has 2 aromatic rings. The molecule has 1 aromatic carbocycles. The van der Waals surface area contributed by atoms with Crippen molar-refractivity contribution in [3.8, 4) is 5.75 Å². The van der Waals surface area contributed by atoms with Crippen LogP contribution in [0.2, 0.25) is 10.2 Å². The maximum atomic E-state index is 12.5. The Morgan fingerprint density at radius 2 is 1.96 bits per heavy atom. The summed E-state index contributed by atoms with van der Waals surface area (Å²) in [7, 11) is 1.60. The highest BCUT2D eigenvalue weighted by atomic mass is 35.5. The fourth-order valence-electron chi connectivity index (χ4n) is 1.99. The van der Waals surface area contributed by atoms with Gasteiger partial charge in [-0.3, -0.25) is 4.99 Å². The zero-order valence-electron chi connectivity index (χ0n) is 13.3. The van der Waals surface area contributed by atoms with Crippen molar-refractivity contribution in [2.75, 3.05) is 7.05 Å².